The van der Waals surface area contributed by atoms with Crippen LogP contribution in [0.15, 0.2) is 24.3 Å². The van der Waals surface area contributed by atoms with Gasteiger partial charge < -0.3 is 9.47 Å². The van der Waals surface area contributed by atoms with Crippen molar-refractivity contribution in [3.05, 3.63) is 29.8 Å². The third-order valence-electron chi connectivity index (χ3n) is 4.93. The molecule has 1 aromatic rings. The van der Waals surface area contributed by atoms with Crippen LogP contribution >= 0.6 is 0 Å². The summed E-state index contributed by atoms with van der Waals surface area (Å²) in [6.45, 7) is 2.20. The van der Waals surface area contributed by atoms with Crippen molar-refractivity contribution < 1.29 is 33.9 Å². The molecule has 0 heterocycles. The molecule has 0 amide bonds. The van der Waals surface area contributed by atoms with E-state index in [0.717, 1.165) is 38.5 Å². The lowest BCUT2D eigenvalue weighted by Crippen LogP contribution is -2.20. The van der Waals surface area contributed by atoms with Crippen LogP contribution in [0.1, 0.15) is 87.9 Å². The average Bonchev–Trinajstić information content (AvgIpc) is 2.70. The Morgan fingerprint density at radius 1 is 0.862 bits per heavy atom. The van der Waals surface area contributed by atoms with Crippen molar-refractivity contribution in [2.45, 2.75) is 83.7 Å². The molecular weight excluding hydrogens is 376 g/mol. The first-order chi connectivity index (χ1) is 14.2. The fourth-order valence-electron chi connectivity index (χ4n) is 3.44. The standard InChI is InChI=1S/C22H32O7/c1-2-25-20-17-13-12-16-19(20)21(23)27-29-28-22(24)26-18-14-10-8-6-4-3-5-7-9-11-15-18/h12-13,16-18H,2-11,14-15H2,1H3. The molecule has 0 spiro atoms. The monoisotopic (exact) mass is 408 g/mol. The normalized spacial score (nSPS) is 16.7. The second-order valence-corrected chi connectivity index (χ2v) is 7.20. The summed E-state index contributed by atoms with van der Waals surface area (Å²) < 4.78 is 10.7. The molecule has 2 rings (SSSR count). The highest BCUT2D eigenvalue weighted by Gasteiger charge is 2.19. The van der Waals surface area contributed by atoms with Crippen LogP contribution in [0, 0.1) is 0 Å². The predicted octanol–water partition coefficient (Wildman–Crippen LogP) is 5.92. The summed E-state index contributed by atoms with van der Waals surface area (Å²) in [7, 11) is 0. The zero-order valence-corrected chi connectivity index (χ0v) is 17.2. The lowest BCUT2D eigenvalue weighted by Gasteiger charge is -2.17. The second-order valence-electron chi connectivity index (χ2n) is 7.20. The SMILES string of the molecule is CCOc1ccccc1C(=O)OOOC(=O)OC1CCCCCCCCCCC1. The van der Waals surface area contributed by atoms with E-state index in [9.17, 15) is 9.59 Å². The molecular formula is C22H32O7. The van der Waals surface area contributed by atoms with Gasteiger partial charge in [-0.3, -0.25) is 4.89 Å². The number of para-hydroxylation sites is 1. The Kier molecular flexibility index (Phi) is 11.0. The largest absolute Gasteiger partial charge is 0.543 e. The van der Waals surface area contributed by atoms with Crippen molar-refractivity contribution in [1.29, 1.82) is 0 Å². The Bertz CT molecular complexity index is 605. The highest BCUT2D eigenvalue weighted by molar-refractivity contribution is 5.92. The van der Waals surface area contributed by atoms with Crippen molar-refractivity contribution in [2.24, 2.45) is 0 Å². The van der Waals surface area contributed by atoms with E-state index < -0.39 is 12.1 Å². The maximum absolute atomic E-state index is 12.1. The summed E-state index contributed by atoms with van der Waals surface area (Å²) in [5, 5.41) is 4.34. The molecule has 7 heteroatoms. The molecule has 0 saturated heterocycles. The summed E-state index contributed by atoms with van der Waals surface area (Å²) >= 11 is 0. The lowest BCUT2D eigenvalue weighted by molar-refractivity contribution is -0.453. The van der Waals surface area contributed by atoms with Gasteiger partial charge in [-0.2, -0.15) is 0 Å². The number of rotatable bonds is 6. The quantitative estimate of drug-likeness (QED) is 0.328. The first kappa shape index (κ1) is 23.0. The van der Waals surface area contributed by atoms with Crippen LogP contribution in [0.2, 0.25) is 0 Å². The molecule has 29 heavy (non-hydrogen) atoms. The molecule has 1 saturated carbocycles. The minimum absolute atomic E-state index is 0.172. The number of carbonyl (C=O) groups excluding carboxylic acids is 2. The number of ether oxygens (including phenoxy) is 2. The molecule has 0 aromatic heterocycles. The van der Waals surface area contributed by atoms with Gasteiger partial charge in [0, 0.05) is 0 Å². The van der Waals surface area contributed by atoms with Crippen LogP contribution < -0.4 is 4.74 Å². The maximum atomic E-state index is 12.1. The van der Waals surface area contributed by atoms with E-state index in [0.29, 0.717) is 12.4 Å². The van der Waals surface area contributed by atoms with E-state index in [1.165, 1.54) is 38.2 Å². The first-order valence-electron chi connectivity index (χ1n) is 10.7. The Morgan fingerprint density at radius 2 is 1.45 bits per heavy atom. The minimum atomic E-state index is -1.01. The molecule has 0 radical (unpaired) electrons. The van der Waals surface area contributed by atoms with E-state index in [2.05, 4.69) is 14.8 Å². The number of carbonyl (C=O) groups is 2. The summed E-state index contributed by atoms with van der Waals surface area (Å²) in [6.07, 6.45) is 11.0. The van der Waals surface area contributed by atoms with Gasteiger partial charge in [0.2, 0.25) is 0 Å². The Balaban J connectivity index is 1.74. The molecule has 0 aliphatic heterocycles. The van der Waals surface area contributed by atoms with E-state index >= 15 is 0 Å². The molecule has 0 N–H and O–H groups in total. The van der Waals surface area contributed by atoms with Gasteiger partial charge in [-0.1, -0.05) is 57.1 Å². The van der Waals surface area contributed by atoms with E-state index in [-0.39, 0.29) is 11.7 Å². The number of benzene rings is 1. The molecule has 0 bridgehead atoms. The highest BCUT2D eigenvalue weighted by Crippen LogP contribution is 2.20. The molecule has 1 aliphatic carbocycles. The van der Waals surface area contributed by atoms with Crippen molar-refractivity contribution in [3.8, 4) is 5.75 Å². The number of hydrogen-bond donors (Lipinski definition) is 0. The van der Waals surface area contributed by atoms with Crippen LogP contribution in [0.3, 0.4) is 0 Å². The van der Waals surface area contributed by atoms with Gasteiger partial charge in [-0.25, -0.2) is 14.5 Å². The van der Waals surface area contributed by atoms with Crippen LogP contribution in [-0.4, -0.2) is 24.8 Å². The van der Waals surface area contributed by atoms with Crippen LogP contribution in [0.25, 0.3) is 0 Å². The summed E-state index contributed by atoms with van der Waals surface area (Å²) in [6, 6.07) is 6.57. The molecule has 0 atom stereocenters. The van der Waals surface area contributed by atoms with Crippen molar-refractivity contribution in [2.75, 3.05) is 6.61 Å². The summed E-state index contributed by atoms with van der Waals surface area (Å²) in [5.41, 5.74) is 0.172. The Labute approximate surface area is 172 Å². The van der Waals surface area contributed by atoms with Gasteiger partial charge in [0.25, 0.3) is 0 Å². The first-order valence-corrected chi connectivity index (χ1v) is 10.7. The second kappa shape index (κ2) is 13.8. The Morgan fingerprint density at radius 3 is 2.07 bits per heavy atom. The van der Waals surface area contributed by atoms with Gasteiger partial charge in [-0.15, -0.1) is 0 Å². The molecule has 1 aromatic carbocycles. The molecule has 1 fully saturated rings. The average molecular weight is 408 g/mol. The van der Waals surface area contributed by atoms with Crippen molar-refractivity contribution >= 4 is 12.1 Å². The number of hydrogen-bond acceptors (Lipinski definition) is 7. The highest BCUT2D eigenvalue weighted by atomic mass is 17.5. The summed E-state index contributed by atoms with van der Waals surface area (Å²) in [5.74, 6) is -0.466. The van der Waals surface area contributed by atoms with Gasteiger partial charge >= 0.3 is 12.1 Å². The third kappa shape index (κ3) is 9.17. The van der Waals surface area contributed by atoms with Crippen molar-refractivity contribution in [3.63, 3.8) is 0 Å². The molecule has 7 nitrogen and oxygen atoms in total. The zero-order valence-electron chi connectivity index (χ0n) is 17.2. The van der Waals surface area contributed by atoms with Gasteiger partial charge in [0.15, 0.2) is 0 Å². The fourth-order valence-corrected chi connectivity index (χ4v) is 3.44. The fraction of sp³-hybridized carbons (Fsp3) is 0.636. The molecule has 1 aliphatic rings. The zero-order chi connectivity index (χ0) is 20.7. The van der Waals surface area contributed by atoms with E-state index in [1.807, 2.05) is 0 Å². The molecule has 0 unspecified atom stereocenters. The Hall–Kier alpha value is -2.28. The van der Waals surface area contributed by atoms with Gasteiger partial charge in [0.05, 0.1) is 11.6 Å². The third-order valence-corrected chi connectivity index (χ3v) is 4.93. The van der Waals surface area contributed by atoms with Crippen LogP contribution in [0.4, 0.5) is 4.79 Å². The minimum Gasteiger partial charge on any atom is -0.493 e. The summed E-state index contributed by atoms with van der Waals surface area (Å²) in [4.78, 5) is 33.0. The van der Waals surface area contributed by atoms with E-state index in [4.69, 9.17) is 9.47 Å². The smallest absolute Gasteiger partial charge is 0.493 e. The van der Waals surface area contributed by atoms with Crippen LogP contribution in [-0.2, 0) is 19.6 Å². The topological polar surface area (TPSA) is 80.3 Å². The molecule has 162 valence electrons. The van der Waals surface area contributed by atoms with Crippen LogP contribution in [0.5, 0.6) is 5.75 Å². The van der Waals surface area contributed by atoms with Gasteiger partial charge in [0.1, 0.15) is 17.4 Å². The lowest BCUT2D eigenvalue weighted by atomic mass is 9.99. The van der Waals surface area contributed by atoms with Crippen molar-refractivity contribution in [1.82, 2.24) is 0 Å². The maximum Gasteiger partial charge on any atom is 0.543 e. The predicted molar refractivity (Wildman–Crippen MR) is 106 cm³/mol. The van der Waals surface area contributed by atoms with Gasteiger partial charge in [-0.05, 0) is 44.7 Å². The van der Waals surface area contributed by atoms with E-state index in [1.54, 1.807) is 25.1 Å².